The molecular weight excluding hydrogens is 241 g/mol. The van der Waals surface area contributed by atoms with Crippen LogP contribution in [0.1, 0.15) is 31.4 Å². The summed E-state index contributed by atoms with van der Waals surface area (Å²) in [5, 5.41) is 11.4. The van der Waals surface area contributed by atoms with Gasteiger partial charge >= 0.3 is 6.18 Å². The largest absolute Gasteiger partial charge is 0.418 e. The SMILES string of the molecule is CCC(C)CNc1ccc(C#N)cc1C(F)(F)F. The number of nitrogens with one attached hydrogen (secondary N) is 1. The van der Waals surface area contributed by atoms with Crippen LogP contribution >= 0.6 is 0 Å². The van der Waals surface area contributed by atoms with Gasteiger partial charge in [0.15, 0.2) is 0 Å². The molecule has 2 nitrogen and oxygen atoms in total. The van der Waals surface area contributed by atoms with Gasteiger partial charge in [0.2, 0.25) is 0 Å². The summed E-state index contributed by atoms with van der Waals surface area (Å²) in [7, 11) is 0. The predicted molar refractivity (Wildman–Crippen MR) is 64.1 cm³/mol. The van der Waals surface area contributed by atoms with Crippen molar-refractivity contribution in [2.45, 2.75) is 26.4 Å². The van der Waals surface area contributed by atoms with E-state index in [9.17, 15) is 13.2 Å². The second kappa shape index (κ2) is 5.76. The number of nitriles is 1. The lowest BCUT2D eigenvalue weighted by Crippen LogP contribution is -2.15. The number of nitrogens with zero attached hydrogens (tertiary/aromatic N) is 1. The van der Waals surface area contributed by atoms with E-state index in [0.29, 0.717) is 12.5 Å². The zero-order valence-electron chi connectivity index (χ0n) is 10.3. The molecule has 18 heavy (non-hydrogen) atoms. The van der Waals surface area contributed by atoms with E-state index in [2.05, 4.69) is 5.32 Å². The van der Waals surface area contributed by atoms with E-state index in [0.717, 1.165) is 12.5 Å². The molecule has 1 atom stereocenters. The zero-order valence-corrected chi connectivity index (χ0v) is 10.3. The molecule has 0 amide bonds. The van der Waals surface area contributed by atoms with E-state index in [1.807, 2.05) is 13.8 Å². The molecule has 0 aliphatic carbocycles. The molecule has 1 aromatic carbocycles. The monoisotopic (exact) mass is 256 g/mol. The Morgan fingerprint density at radius 2 is 2.06 bits per heavy atom. The fourth-order valence-electron chi connectivity index (χ4n) is 1.43. The molecular formula is C13H15F3N2. The molecule has 0 bridgehead atoms. The van der Waals surface area contributed by atoms with Gasteiger partial charge < -0.3 is 5.32 Å². The van der Waals surface area contributed by atoms with Gasteiger partial charge in [-0.1, -0.05) is 20.3 Å². The van der Waals surface area contributed by atoms with E-state index in [-0.39, 0.29) is 11.3 Å². The van der Waals surface area contributed by atoms with Gasteiger partial charge in [-0.15, -0.1) is 0 Å². The first-order chi connectivity index (χ1) is 8.38. The van der Waals surface area contributed by atoms with Crippen molar-refractivity contribution in [2.24, 2.45) is 5.92 Å². The van der Waals surface area contributed by atoms with Crippen molar-refractivity contribution in [1.29, 1.82) is 5.26 Å². The molecule has 1 aromatic rings. The Kier molecular flexibility index (Phi) is 4.60. The smallest absolute Gasteiger partial charge is 0.384 e. The maximum absolute atomic E-state index is 12.8. The Hall–Kier alpha value is -1.70. The first-order valence-electron chi connectivity index (χ1n) is 5.73. The Morgan fingerprint density at radius 3 is 2.56 bits per heavy atom. The van der Waals surface area contributed by atoms with Crippen molar-refractivity contribution in [3.05, 3.63) is 29.3 Å². The summed E-state index contributed by atoms with van der Waals surface area (Å²) in [6.07, 6.45) is -3.56. The highest BCUT2D eigenvalue weighted by Crippen LogP contribution is 2.35. The summed E-state index contributed by atoms with van der Waals surface area (Å²) in [6, 6.07) is 5.28. The second-order valence-corrected chi connectivity index (χ2v) is 4.26. The van der Waals surface area contributed by atoms with E-state index in [4.69, 9.17) is 5.26 Å². The van der Waals surface area contributed by atoms with Crippen LogP contribution in [0.5, 0.6) is 0 Å². The first-order valence-corrected chi connectivity index (χ1v) is 5.73. The quantitative estimate of drug-likeness (QED) is 0.882. The van der Waals surface area contributed by atoms with E-state index < -0.39 is 11.7 Å². The Labute approximate surface area is 104 Å². The minimum atomic E-state index is -4.45. The van der Waals surface area contributed by atoms with E-state index in [1.54, 1.807) is 6.07 Å². The van der Waals surface area contributed by atoms with Crippen LogP contribution in [0.2, 0.25) is 0 Å². The lowest BCUT2D eigenvalue weighted by atomic mass is 10.1. The summed E-state index contributed by atoms with van der Waals surface area (Å²) < 4.78 is 38.5. The van der Waals surface area contributed by atoms with Gasteiger partial charge in [-0.25, -0.2) is 0 Å². The standard InChI is InChI=1S/C13H15F3N2/c1-3-9(2)8-18-12-5-4-10(7-17)6-11(12)13(14,15)16/h4-6,9,18H,3,8H2,1-2H3. The minimum absolute atomic E-state index is 0.0106. The minimum Gasteiger partial charge on any atom is -0.384 e. The molecule has 0 heterocycles. The third-order valence-electron chi connectivity index (χ3n) is 2.79. The molecule has 98 valence electrons. The number of halogens is 3. The third kappa shape index (κ3) is 3.66. The highest BCUT2D eigenvalue weighted by molar-refractivity contribution is 5.56. The molecule has 0 aliphatic rings. The van der Waals surface area contributed by atoms with Crippen LogP contribution in [0.4, 0.5) is 18.9 Å². The fraction of sp³-hybridized carbons (Fsp3) is 0.462. The summed E-state index contributed by atoms with van der Waals surface area (Å²) in [5.74, 6) is 0.293. The summed E-state index contributed by atoms with van der Waals surface area (Å²) in [6.45, 7) is 4.42. The Bertz CT molecular complexity index is 447. The molecule has 1 unspecified atom stereocenters. The number of benzene rings is 1. The van der Waals surface area contributed by atoms with Gasteiger partial charge in [0, 0.05) is 12.2 Å². The third-order valence-corrected chi connectivity index (χ3v) is 2.79. The van der Waals surface area contributed by atoms with Gasteiger partial charge in [0.05, 0.1) is 17.2 Å². The maximum atomic E-state index is 12.8. The predicted octanol–water partition coefficient (Wildman–Crippen LogP) is 4.04. The molecule has 0 saturated heterocycles. The van der Waals surface area contributed by atoms with Crippen molar-refractivity contribution in [1.82, 2.24) is 0 Å². The van der Waals surface area contributed by atoms with Crippen LogP contribution in [0.25, 0.3) is 0 Å². The van der Waals surface area contributed by atoms with Crippen molar-refractivity contribution >= 4 is 5.69 Å². The van der Waals surface area contributed by atoms with Gasteiger partial charge in [0.1, 0.15) is 0 Å². The van der Waals surface area contributed by atoms with E-state index in [1.165, 1.54) is 12.1 Å². The highest BCUT2D eigenvalue weighted by Gasteiger charge is 2.33. The molecule has 0 aliphatic heterocycles. The second-order valence-electron chi connectivity index (χ2n) is 4.26. The van der Waals surface area contributed by atoms with Crippen molar-refractivity contribution in [3.8, 4) is 6.07 Å². The van der Waals surface area contributed by atoms with Gasteiger partial charge in [0.25, 0.3) is 0 Å². The molecule has 0 aromatic heterocycles. The normalized spacial score (nSPS) is 12.9. The lowest BCUT2D eigenvalue weighted by Gasteiger charge is -2.17. The average molecular weight is 256 g/mol. The summed E-state index contributed by atoms with van der Waals surface area (Å²) in [5.41, 5.74) is -0.747. The van der Waals surface area contributed by atoms with Crippen LogP contribution in [0.3, 0.4) is 0 Å². The molecule has 1 rings (SSSR count). The van der Waals surface area contributed by atoms with Crippen LogP contribution < -0.4 is 5.32 Å². The molecule has 0 radical (unpaired) electrons. The number of hydrogen-bond acceptors (Lipinski definition) is 2. The van der Waals surface area contributed by atoms with Crippen LogP contribution in [-0.2, 0) is 6.18 Å². The summed E-state index contributed by atoms with van der Waals surface area (Å²) >= 11 is 0. The van der Waals surface area contributed by atoms with Crippen LogP contribution in [-0.4, -0.2) is 6.54 Å². The molecule has 5 heteroatoms. The number of anilines is 1. The van der Waals surface area contributed by atoms with Gasteiger partial charge in [-0.05, 0) is 24.1 Å². The topological polar surface area (TPSA) is 35.8 Å². The average Bonchev–Trinajstić information content (AvgIpc) is 2.34. The Morgan fingerprint density at radius 1 is 1.39 bits per heavy atom. The van der Waals surface area contributed by atoms with Crippen molar-refractivity contribution < 1.29 is 13.2 Å². The summed E-state index contributed by atoms with van der Waals surface area (Å²) in [4.78, 5) is 0. The zero-order chi connectivity index (χ0) is 13.8. The van der Waals surface area contributed by atoms with Crippen LogP contribution in [0.15, 0.2) is 18.2 Å². The fourth-order valence-corrected chi connectivity index (χ4v) is 1.43. The number of hydrogen-bond donors (Lipinski definition) is 1. The van der Waals surface area contributed by atoms with Crippen LogP contribution in [0, 0.1) is 17.2 Å². The number of alkyl halides is 3. The first kappa shape index (κ1) is 14.4. The molecule has 0 fully saturated rings. The van der Waals surface area contributed by atoms with Gasteiger partial charge in [-0.2, -0.15) is 18.4 Å². The van der Waals surface area contributed by atoms with E-state index >= 15 is 0 Å². The maximum Gasteiger partial charge on any atom is 0.418 e. The van der Waals surface area contributed by atoms with Gasteiger partial charge in [-0.3, -0.25) is 0 Å². The van der Waals surface area contributed by atoms with Crippen molar-refractivity contribution in [3.63, 3.8) is 0 Å². The lowest BCUT2D eigenvalue weighted by molar-refractivity contribution is -0.137. The Balaban J connectivity index is 3.01. The number of rotatable bonds is 4. The van der Waals surface area contributed by atoms with Crippen molar-refractivity contribution in [2.75, 3.05) is 11.9 Å². The molecule has 0 saturated carbocycles. The molecule has 0 spiro atoms. The highest BCUT2D eigenvalue weighted by atomic mass is 19.4. The molecule has 1 N–H and O–H groups in total.